The summed E-state index contributed by atoms with van der Waals surface area (Å²) in [5.74, 6) is -0.187. The van der Waals surface area contributed by atoms with Crippen LogP contribution in [0.1, 0.15) is 35.1 Å². The number of aromatic nitrogens is 2. The third-order valence-electron chi connectivity index (χ3n) is 4.97. The van der Waals surface area contributed by atoms with E-state index >= 15 is 0 Å². The minimum atomic E-state index is -0.215. The number of aryl methyl sites for hydroxylation is 1. The summed E-state index contributed by atoms with van der Waals surface area (Å²) in [6.45, 7) is 9.53. The SMILES string of the molecule is CCOCCn1nc(C)cc1C(=O)N1CCCN(Cc2ccc(F)cc2)CC1. The molecule has 2 heterocycles. The normalized spacial score (nSPS) is 15.6. The summed E-state index contributed by atoms with van der Waals surface area (Å²) in [5.41, 5.74) is 2.56. The Bertz CT molecular complexity index is 775. The van der Waals surface area contributed by atoms with Crippen molar-refractivity contribution in [3.63, 3.8) is 0 Å². The first-order chi connectivity index (χ1) is 13.6. The van der Waals surface area contributed by atoms with E-state index in [-0.39, 0.29) is 11.7 Å². The van der Waals surface area contributed by atoms with Gasteiger partial charge in [-0.2, -0.15) is 5.10 Å². The Balaban J connectivity index is 1.60. The van der Waals surface area contributed by atoms with Gasteiger partial charge in [-0.15, -0.1) is 0 Å². The second kappa shape index (κ2) is 9.80. The fourth-order valence-corrected chi connectivity index (χ4v) is 3.53. The van der Waals surface area contributed by atoms with Crippen LogP contribution in [0.3, 0.4) is 0 Å². The largest absolute Gasteiger partial charge is 0.380 e. The maximum Gasteiger partial charge on any atom is 0.272 e. The van der Waals surface area contributed by atoms with Crippen LogP contribution in [0.4, 0.5) is 4.39 Å². The van der Waals surface area contributed by atoms with E-state index in [9.17, 15) is 9.18 Å². The lowest BCUT2D eigenvalue weighted by Crippen LogP contribution is -2.36. The van der Waals surface area contributed by atoms with Gasteiger partial charge in [-0.1, -0.05) is 12.1 Å². The van der Waals surface area contributed by atoms with Gasteiger partial charge in [0.25, 0.3) is 5.91 Å². The van der Waals surface area contributed by atoms with Crippen molar-refractivity contribution in [1.82, 2.24) is 19.6 Å². The van der Waals surface area contributed by atoms with Crippen molar-refractivity contribution in [3.8, 4) is 0 Å². The highest BCUT2D eigenvalue weighted by Crippen LogP contribution is 2.13. The van der Waals surface area contributed by atoms with Crippen LogP contribution in [-0.2, 0) is 17.8 Å². The van der Waals surface area contributed by atoms with Crippen molar-refractivity contribution >= 4 is 5.91 Å². The fourth-order valence-electron chi connectivity index (χ4n) is 3.53. The van der Waals surface area contributed by atoms with Crippen LogP contribution < -0.4 is 0 Å². The molecular weight excluding hydrogens is 359 g/mol. The zero-order valence-electron chi connectivity index (χ0n) is 16.7. The molecule has 1 saturated heterocycles. The van der Waals surface area contributed by atoms with Gasteiger partial charge >= 0.3 is 0 Å². The maximum absolute atomic E-state index is 13.1. The molecule has 1 amide bonds. The molecule has 3 rings (SSSR count). The molecule has 1 aromatic carbocycles. The third kappa shape index (κ3) is 5.39. The van der Waals surface area contributed by atoms with Crippen molar-refractivity contribution in [1.29, 1.82) is 0 Å². The highest BCUT2D eigenvalue weighted by Gasteiger charge is 2.23. The number of nitrogens with zero attached hydrogens (tertiary/aromatic N) is 4. The molecule has 6 nitrogen and oxygen atoms in total. The quantitative estimate of drug-likeness (QED) is 0.685. The molecule has 0 radical (unpaired) electrons. The topological polar surface area (TPSA) is 50.6 Å². The van der Waals surface area contributed by atoms with Gasteiger partial charge in [-0.3, -0.25) is 14.4 Å². The summed E-state index contributed by atoms with van der Waals surface area (Å²) in [5, 5.41) is 4.45. The Morgan fingerprint density at radius 3 is 2.71 bits per heavy atom. The third-order valence-corrected chi connectivity index (χ3v) is 4.97. The van der Waals surface area contributed by atoms with E-state index in [0.29, 0.717) is 32.0 Å². The maximum atomic E-state index is 13.1. The zero-order chi connectivity index (χ0) is 19.9. The van der Waals surface area contributed by atoms with E-state index in [1.807, 2.05) is 36.9 Å². The van der Waals surface area contributed by atoms with Gasteiger partial charge in [-0.05, 0) is 44.0 Å². The standard InChI is InChI=1S/C21H29FN4O2/c1-3-28-14-13-26-20(15-17(2)23-26)21(27)25-10-4-9-24(11-12-25)16-18-5-7-19(22)8-6-18/h5-8,15H,3-4,9-14,16H2,1-2H3. The molecular formula is C21H29FN4O2. The molecule has 0 atom stereocenters. The van der Waals surface area contributed by atoms with Crippen LogP contribution in [-0.4, -0.2) is 64.9 Å². The van der Waals surface area contributed by atoms with Gasteiger partial charge < -0.3 is 9.64 Å². The fraction of sp³-hybridized carbons (Fsp3) is 0.524. The van der Waals surface area contributed by atoms with Gasteiger partial charge in [0.2, 0.25) is 0 Å². The molecule has 0 N–H and O–H groups in total. The van der Waals surface area contributed by atoms with E-state index < -0.39 is 0 Å². The number of halogens is 1. The van der Waals surface area contributed by atoms with Gasteiger partial charge in [0.1, 0.15) is 11.5 Å². The Kier molecular flexibility index (Phi) is 7.17. The second-order valence-electron chi connectivity index (χ2n) is 7.14. The molecule has 0 unspecified atom stereocenters. The molecule has 1 aliphatic rings. The summed E-state index contributed by atoms with van der Waals surface area (Å²) in [4.78, 5) is 17.3. The second-order valence-corrected chi connectivity index (χ2v) is 7.14. The average Bonchev–Trinajstić information content (AvgIpc) is 2.90. The zero-order valence-corrected chi connectivity index (χ0v) is 16.7. The molecule has 1 fully saturated rings. The van der Waals surface area contributed by atoms with Crippen LogP contribution in [0.2, 0.25) is 0 Å². The van der Waals surface area contributed by atoms with Gasteiger partial charge in [0, 0.05) is 39.3 Å². The molecule has 0 aliphatic carbocycles. The first kappa shape index (κ1) is 20.5. The lowest BCUT2D eigenvalue weighted by molar-refractivity contribution is 0.0743. The predicted octanol–water partition coefficient (Wildman–Crippen LogP) is 2.72. The van der Waals surface area contributed by atoms with Crippen molar-refractivity contribution in [3.05, 3.63) is 53.1 Å². The molecule has 7 heteroatoms. The van der Waals surface area contributed by atoms with E-state index in [1.165, 1.54) is 12.1 Å². The molecule has 2 aromatic rings. The van der Waals surface area contributed by atoms with E-state index in [4.69, 9.17) is 4.74 Å². The molecule has 0 saturated carbocycles. The summed E-state index contributed by atoms with van der Waals surface area (Å²) < 4.78 is 20.3. The number of carbonyl (C=O) groups excluding carboxylic acids is 1. The smallest absolute Gasteiger partial charge is 0.272 e. The van der Waals surface area contributed by atoms with Crippen molar-refractivity contribution < 1.29 is 13.9 Å². The highest BCUT2D eigenvalue weighted by molar-refractivity contribution is 5.92. The van der Waals surface area contributed by atoms with Crippen LogP contribution in [0.25, 0.3) is 0 Å². The molecule has 1 aliphatic heterocycles. The molecule has 152 valence electrons. The van der Waals surface area contributed by atoms with Crippen LogP contribution in [0, 0.1) is 12.7 Å². The van der Waals surface area contributed by atoms with Gasteiger partial charge in [0.15, 0.2) is 0 Å². The van der Waals surface area contributed by atoms with E-state index in [2.05, 4.69) is 10.00 Å². The van der Waals surface area contributed by atoms with Gasteiger partial charge in [-0.25, -0.2) is 4.39 Å². The first-order valence-corrected chi connectivity index (χ1v) is 9.95. The average molecular weight is 388 g/mol. The minimum absolute atomic E-state index is 0.0285. The first-order valence-electron chi connectivity index (χ1n) is 9.95. The number of benzene rings is 1. The van der Waals surface area contributed by atoms with Gasteiger partial charge in [0.05, 0.1) is 18.8 Å². The monoisotopic (exact) mass is 388 g/mol. The van der Waals surface area contributed by atoms with E-state index in [1.54, 1.807) is 4.68 Å². The predicted molar refractivity (Wildman–Crippen MR) is 106 cm³/mol. The minimum Gasteiger partial charge on any atom is -0.380 e. The Labute approximate surface area is 165 Å². The van der Waals surface area contributed by atoms with Crippen molar-refractivity contribution in [2.24, 2.45) is 0 Å². The Morgan fingerprint density at radius 1 is 1.18 bits per heavy atom. The number of hydrogen-bond donors (Lipinski definition) is 0. The highest BCUT2D eigenvalue weighted by atomic mass is 19.1. The number of ether oxygens (including phenoxy) is 1. The molecule has 0 spiro atoms. The van der Waals surface area contributed by atoms with Crippen molar-refractivity contribution in [2.45, 2.75) is 33.4 Å². The summed E-state index contributed by atoms with van der Waals surface area (Å²) in [7, 11) is 0. The number of amides is 1. The van der Waals surface area contributed by atoms with Crippen LogP contribution >= 0.6 is 0 Å². The Morgan fingerprint density at radius 2 is 1.96 bits per heavy atom. The number of carbonyl (C=O) groups is 1. The van der Waals surface area contributed by atoms with Crippen LogP contribution in [0.15, 0.2) is 30.3 Å². The number of rotatable bonds is 7. The summed E-state index contributed by atoms with van der Waals surface area (Å²) in [6.07, 6.45) is 0.916. The summed E-state index contributed by atoms with van der Waals surface area (Å²) in [6, 6.07) is 8.49. The molecule has 28 heavy (non-hydrogen) atoms. The Hall–Kier alpha value is -2.25. The summed E-state index contributed by atoms with van der Waals surface area (Å²) >= 11 is 0. The lowest BCUT2D eigenvalue weighted by atomic mass is 10.2. The van der Waals surface area contributed by atoms with Crippen LogP contribution in [0.5, 0.6) is 0 Å². The van der Waals surface area contributed by atoms with E-state index in [0.717, 1.165) is 43.9 Å². The lowest BCUT2D eigenvalue weighted by Gasteiger charge is -2.22. The molecule has 0 bridgehead atoms. The molecule has 1 aromatic heterocycles. The van der Waals surface area contributed by atoms with Crippen molar-refractivity contribution in [2.75, 3.05) is 39.4 Å². The number of hydrogen-bond acceptors (Lipinski definition) is 4.